The number of methoxy groups -OCH3 is 1. The number of esters is 1. The summed E-state index contributed by atoms with van der Waals surface area (Å²) in [5, 5.41) is 18.9. The summed E-state index contributed by atoms with van der Waals surface area (Å²) in [6.07, 6.45) is 4.67. The number of amides is 1. The standard InChI is InChI=1S/C29H33ClN6O3/c1-29(2,27(38)39-3)36-26(37)23-17-33-28(34-21-10-7-11-21)35-25(23)32-16-22(18-8-5-4-6-9-18)24(31)19-12-14-20(30)15-13-19/h4-6,8-9,12-15,17,21-22,31H,7,10-11,16H2,1-3H3,(H,36,37)(H2,32,33,34,35). The van der Waals surface area contributed by atoms with Gasteiger partial charge in [0, 0.05) is 35.4 Å². The van der Waals surface area contributed by atoms with E-state index in [2.05, 4.69) is 25.9 Å². The SMILES string of the molecule is COC(=O)C(C)(C)NC(=O)c1cnc(NC2CCC2)nc1NCC(C(=N)c1ccc(Cl)cc1)c1ccccc1. The monoisotopic (exact) mass is 548 g/mol. The minimum Gasteiger partial charge on any atom is -0.467 e. The Kier molecular flexibility index (Phi) is 8.81. The molecule has 0 spiro atoms. The molecule has 1 heterocycles. The van der Waals surface area contributed by atoms with Gasteiger partial charge in [0.05, 0.1) is 7.11 Å². The van der Waals surface area contributed by atoms with Crippen LogP contribution in [0.2, 0.25) is 5.02 Å². The zero-order valence-electron chi connectivity index (χ0n) is 22.3. The third kappa shape index (κ3) is 6.92. The normalized spacial score (nSPS) is 14.1. The molecule has 1 aromatic heterocycles. The number of nitrogens with zero attached hydrogens (tertiary/aromatic N) is 2. The van der Waals surface area contributed by atoms with Crippen LogP contribution in [0.4, 0.5) is 11.8 Å². The third-order valence-electron chi connectivity index (χ3n) is 6.77. The Morgan fingerprint density at radius 2 is 1.82 bits per heavy atom. The minimum atomic E-state index is -1.25. The fraction of sp³-hybridized carbons (Fsp3) is 0.345. The topological polar surface area (TPSA) is 129 Å². The van der Waals surface area contributed by atoms with Crippen molar-refractivity contribution in [3.8, 4) is 0 Å². The summed E-state index contributed by atoms with van der Waals surface area (Å²) >= 11 is 6.07. The molecule has 10 heteroatoms. The lowest BCUT2D eigenvalue weighted by molar-refractivity contribution is -0.146. The Labute approximate surface area is 233 Å². The highest BCUT2D eigenvalue weighted by molar-refractivity contribution is 6.30. The maximum Gasteiger partial charge on any atom is 0.330 e. The van der Waals surface area contributed by atoms with Gasteiger partial charge in [-0.05, 0) is 56.4 Å². The fourth-order valence-corrected chi connectivity index (χ4v) is 4.37. The molecule has 0 bridgehead atoms. The average molecular weight is 549 g/mol. The molecule has 39 heavy (non-hydrogen) atoms. The molecule has 1 amide bonds. The Hall–Kier alpha value is -3.98. The first-order valence-electron chi connectivity index (χ1n) is 12.9. The number of ether oxygens (including phenoxy) is 1. The van der Waals surface area contributed by atoms with Gasteiger partial charge in [-0.15, -0.1) is 0 Å². The van der Waals surface area contributed by atoms with Crippen molar-refractivity contribution in [1.82, 2.24) is 15.3 Å². The number of hydrogen-bond donors (Lipinski definition) is 4. The fourth-order valence-electron chi connectivity index (χ4n) is 4.25. The molecule has 4 N–H and O–H groups in total. The van der Waals surface area contributed by atoms with E-state index in [0.717, 1.165) is 30.4 Å². The van der Waals surface area contributed by atoms with Crippen molar-refractivity contribution < 1.29 is 14.3 Å². The Bertz CT molecular complexity index is 1330. The lowest BCUT2D eigenvalue weighted by Gasteiger charge is -2.27. The molecule has 0 aliphatic heterocycles. The summed E-state index contributed by atoms with van der Waals surface area (Å²) in [6, 6.07) is 17.2. The quantitative estimate of drug-likeness (QED) is 0.195. The number of carbonyl (C=O) groups is 2. The summed E-state index contributed by atoms with van der Waals surface area (Å²) in [5.74, 6) is -0.736. The first-order valence-corrected chi connectivity index (χ1v) is 13.2. The van der Waals surface area contributed by atoms with Gasteiger partial charge in [-0.2, -0.15) is 4.98 Å². The molecule has 1 saturated carbocycles. The van der Waals surface area contributed by atoms with E-state index in [1.165, 1.54) is 13.3 Å². The molecule has 0 saturated heterocycles. The zero-order chi connectivity index (χ0) is 28.0. The molecule has 3 aromatic rings. The molecular weight excluding hydrogens is 516 g/mol. The van der Waals surface area contributed by atoms with Gasteiger partial charge in [-0.1, -0.05) is 54.1 Å². The predicted molar refractivity (Wildman–Crippen MR) is 153 cm³/mol. The van der Waals surface area contributed by atoms with Crippen molar-refractivity contribution in [2.45, 2.75) is 50.6 Å². The van der Waals surface area contributed by atoms with Crippen LogP contribution < -0.4 is 16.0 Å². The largest absolute Gasteiger partial charge is 0.467 e. The number of benzene rings is 2. The van der Waals surface area contributed by atoms with Gasteiger partial charge in [0.15, 0.2) is 0 Å². The van der Waals surface area contributed by atoms with Crippen molar-refractivity contribution >= 4 is 41.0 Å². The lowest BCUT2D eigenvalue weighted by Crippen LogP contribution is -2.50. The maximum absolute atomic E-state index is 13.3. The molecule has 1 atom stereocenters. The van der Waals surface area contributed by atoms with Crippen molar-refractivity contribution in [3.63, 3.8) is 0 Å². The van der Waals surface area contributed by atoms with Gasteiger partial charge in [-0.3, -0.25) is 4.79 Å². The van der Waals surface area contributed by atoms with E-state index in [-0.39, 0.29) is 18.0 Å². The molecule has 0 radical (unpaired) electrons. The van der Waals surface area contributed by atoms with Gasteiger partial charge in [0.2, 0.25) is 5.95 Å². The molecule has 1 aliphatic carbocycles. The van der Waals surface area contributed by atoms with Gasteiger partial charge < -0.3 is 26.1 Å². The van der Waals surface area contributed by atoms with Crippen molar-refractivity contribution in [2.75, 3.05) is 24.3 Å². The smallest absolute Gasteiger partial charge is 0.330 e. The second-order valence-corrected chi connectivity index (χ2v) is 10.5. The third-order valence-corrected chi connectivity index (χ3v) is 7.02. The van der Waals surface area contributed by atoms with E-state index >= 15 is 0 Å². The molecule has 9 nitrogen and oxygen atoms in total. The van der Waals surface area contributed by atoms with Gasteiger partial charge in [-0.25, -0.2) is 9.78 Å². The van der Waals surface area contributed by atoms with Gasteiger partial charge >= 0.3 is 5.97 Å². The highest BCUT2D eigenvalue weighted by Crippen LogP contribution is 2.26. The van der Waals surface area contributed by atoms with E-state index in [1.54, 1.807) is 26.0 Å². The number of hydrogen-bond acceptors (Lipinski definition) is 8. The van der Waals surface area contributed by atoms with E-state index in [0.29, 0.717) is 28.5 Å². The minimum absolute atomic E-state index is 0.177. The number of rotatable bonds is 11. The Morgan fingerprint density at radius 3 is 2.44 bits per heavy atom. The molecule has 4 rings (SSSR count). The summed E-state index contributed by atoms with van der Waals surface area (Å²) in [6.45, 7) is 3.41. The van der Waals surface area contributed by atoms with Crippen LogP contribution >= 0.6 is 11.6 Å². The number of carbonyl (C=O) groups excluding carboxylic acids is 2. The number of nitrogens with one attached hydrogen (secondary N) is 4. The zero-order valence-corrected chi connectivity index (χ0v) is 23.0. The maximum atomic E-state index is 13.3. The van der Waals surface area contributed by atoms with Gasteiger partial charge in [0.25, 0.3) is 5.91 Å². The van der Waals surface area contributed by atoms with Crippen molar-refractivity contribution in [3.05, 3.63) is 82.5 Å². The molecule has 1 aliphatic rings. The van der Waals surface area contributed by atoms with E-state index < -0.39 is 17.4 Å². The van der Waals surface area contributed by atoms with Crippen LogP contribution in [0.3, 0.4) is 0 Å². The highest BCUT2D eigenvalue weighted by Gasteiger charge is 2.32. The molecule has 1 unspecified atom stereocenters. The molecule has 1 fully saturated rings. The van der Waals surface area contributed by atoms with E-state index in [4.69, 9.17) is 21.7 Å². The van der Waals surface area contributed by atoms with Crippen LogP contribution in [0.15, 0.2) is 60.8 Å². The van der Waals surface area contributed by atoms with Crippen LogP contribution in [0.5, 0.6) is 0 Å². The summed E-state index contributed by atoms with van der Waals surface area (Å²) in [7, 11) is 1.27. The first-order chi connectivity index (χ1) is 18.7. The molecule has 2 aromatic carbocycles. The van der Waals surface area contributed by atoms with Crippen molar-refractivity contribution in [2.24, 2.45) is 0 Å². The lowest BCUT2D eigenvalue weighted by atomic mass is 9.90. The van der Waals surface area contributed by atoms with Crippen LogP contribution in [-0.4, -0.2) is 52.8 Å². The number of aromatic nitrogens is 2. The van der Waals surface area contributed by atoms with Gasteiger partial charge in [0.1, 0.15) is 16.9 Å². The van der Waals surface area contributed by atoms with Crippen LogP contribution in [0.25, 0.3) is 0 Å². The van der Waals surface area contributed by atoms with E-state index in [9.17, 15) is 9.59 Å². The Balaban J connectivity index is 1.63. The number of anilines is 2. The van der Waals surface area contributed by atoms with Crippen LogP contribution in [0.1, 0.15) is 60.5 Å². The number of halogens is 1. The summed E-state index contributed by atoms with van der Waals surface area (Å²) in [5.41, 5.74) is 0.989. The van der Waals surface area contributed by atoms with Crippen molar-refractivity contribution in [1.29, 1.82) is 5.41 Å². The van der Waals surface area contributed by atoms with E-state index in [1.807, 2.05) is 42.5 Å². The first kappa shape index (κ1) is 28.0. The molecular formula is C29H33ClN6O3. The Morgan fingerprint density at radius 1 is 1.13 bits per heavy atom. The predicted octanol–water partition coefficient (Wildman–Crippen LogP) is 5.04. The second-order valence-electron chi connectivity index (χ2n) is 10.1. The van der Waals surface area contributed by atoms with Crippen LogP contribution in [0, 0.1) is 5.41 Å². The average Bonchev–Trinajstić information content (AvgIpc) is 2.91. The second kappa shape index (κ2) is 12.3. The summed E-state index contributed by atoms with van der Waals surface area (Å²) in [4.78, 5) is 34.4. The van der Waals surface area contributed by atoms with Crippen LogP contribution in [-0.2, 0) is 9.53 Å². The summed E-state index contributed by atoms with van der Waals surface area (Å²) < 4.78 is 4.82. The molecule has 204 valence electrons. The highest BCUT2D eigenvalue weighted by atomic mass is 35.5.